The van der Waals surface area contributed by atoms with Crippen LogP contribution in [0.2, 0.25) is 0 Å². The van der Waals surface area contributed by atoms with Crippen LogP contribution >= 0.6 is 0 Å². The standard InChI is InChI=1S/C15H24N4O2/c1-11(2)9-13-15(21)19(12(3)10-14(20)17-13)8-7-18-6-4-5-16-18/h4-6,11-13H,7-10H2,1-3H3,(H,17,20). The highest BCUT2D eigenvalue weighted by molar-refractivity contribution is 5.90. The van der Waals surface area contributed by atoms with Crippen LogP contribution in [0.3, 0.4) is 0 Å². The van der Waals surface area contributed by atoms with Crippen molar-refractivity contribution in [3.05, 3.63) is 18.5 Å². The lowest BCUT2D eigenvalue weighted by atomic mass is 10.0. The van der Waals surface area contributed by atoms with Gasteiger partial charge in [0.05, 0.1) is 6.54 Å². The molecule has 1 aromatic heterocycles. The molecular formula is C15H24N4O2. The van der Waals surface area contributed by atoms with E-state index in [-0.39, 0.29) is 17.9 Å². The summed E-state index contributed by atoms with van der Waals surface area (Å²) < 4.78 is 1.80. The first-order valence-corrected chi connectivity index (χ1v) is 7.54. The highest BCUT2D eigenvalue weighted by Gasteiger charge is 2.33. The van der Waals surface area contributed by atoms with Crippen LogP contribution in [0.5, 0.6) is 0 Å². The van der Waals surface area contributed by atoms with E-state index < -0.39 is 6.04 Å². The predicted octanol–water partition coefficient (Wildman–Crippen LogP) is 1.03. The first kappa shape index (κ1) is 15.5. The quantitative estimate of drug-likeness (QED) is 0.881. The maximum Gasteiger partial charge on any atom is 0.245 e. The van der Waals surface area contributed by atoms with Crippen LogP contribution in [0.25, 0.3) is 0 Å². The molecule has 0 bridgehead atoms. The number of nitrogens with one attached hydrogen (secondary N) is 1. The zero-order valence-electron chi connectivity index (χ0n) is 13.0. The van der Waals surface area contributed by atoms with Crippen LogP contribution in [0.15, 0.2) is 18.5 Å². The predicted molar refractivity (Wildman–Crippen MR) is 79.4 cm³/mol. The van der Waals surface area contributed by atoms with E-state index >= 15 is 0 Å². The summed E-state index contributed by atoms with van der Waals surface area (Å²) in [6.07, 6.45) is 4.64. The van der Waals surface area contributed by atoms with Gasteiger partial charge >= 0.3 is 0 Å². The van der Waals surface area contributed by atoms with Gasteiger partial charge in [0.1, 0.15) is 6.04 Å². The van der Waals surface area contributed by atoms with E-state index in [9.17, 15) is 9.59 Å². The number of carbonyl (C=O) groups excluding carboxylic acids is 2. The van der Waals surface area contributed by atoms with Crippen molar-refractivity contribution in [2.45, 2.75) is 52.2 Å². The molecule has 0 aliphatic carbocycles. The van der Waals surface area contributed by atoms with Crippen molar-refractivity contribution in [1.82, 2.24) is 20.0 Å². The minimum absolute atomic E-state index is 0.0224. The van der Waals surface area contributed by atoms with Gasteiger partial charge in [-0.05, 0) is 25.3 Å². The zero-order chi connectivity index (χ0) is 15.4. The van der Waals surface area contributed by atoms with Crippen LogP contribution in [0, 0.1) is 5.92 Å². The molecule has 2 atom stereocenters. The summed E-state index contributed by atoms with van der Waals surface area (Å²) in [5.74, 6) is 0.345. The third-order valence-corrected chi connectivity index (χ3v) is 3.77. The Bertz CT molecular complexity index is 484. The van der Waals surface area contributed by atoms with Crippen molar-refractivity contribution in [1.29, 1.82) is 0 Å². The summed E-state index contributed by atoms with van der Waals surface area (Å²) >= 11 is 0. The van der Waals surface area contributed by atoms with Crippen molar-refractivity contribution < 1.29 is 9.59 Å². The van der Waals surface area contributed by atoms with E-state index in [0.717, 1.165) is 0 Å². The lowest BCUT2D eigenvalue weighted by Crippen LogP contribution is -2.47. The number of nitrogens with zero attached hydrogens (tertiary/aromatic N) is 3. The van der Waals surface area contributed by atoms with Gasteiger partial charge in [-0.15, -0.1) is 0 Å². The highest BCUT2D eigenvalue weighted by atomic mass is 16.2. The van der Waals surface area contributed by atoms with Gasteiger partial charge in [-0.3, -0.25) is 14.3 Å². The van der Waals surface area contributed by atoms with Gasteiger partial charge in [0, 0.05) is 31.4 Å². The van der Waals surface area contributed by atoms with Crippen LogP contribution in [0.1, 0.15) is 33.6 Å². The van der Waals surface area contributed by atoms with Crippen LogP contribution in [0.4, 0.5) is 0 Å². The number of hydrogen-bond donors (Lipinski definition) is 1. The minimum Gasteiger partial charge on any atom is -0.344 e. The van der Waals surface area contributed by atoms with Gasteiger partial charge in [0.2, 0.25) is 11.8 Å². The summed E-state index contributed by atoms with van der Waals surface area (Å²) in [5.41, 5.74) is 0. The molecule has 2 unspecified atom stereocenters. The molecule has 2 amide bonds. The summed E-state index contributed by atoms with van der Waals surface area (Å²) in [7, 11) is 0. The SMILES string of the molecule is CC(C)CC1NC(=O)CC(C)N(CCn2cccn2)C1=O. The smallest absolute Gasteiger partial charge is 0.245 e. The number of aromatic nitrogens is 2. The molecule has 0 aromatic carbocycles. The number of amides is 2. The average molecular weight is 292 g/mol. The topological polar surface area (TPSA) is 67.2 Å². The molecule has 116 valence electrons. The molecule has 6 nitrogen and oxygen atoms in total. The molecule has 1 aliphatic rings. The Morgan fingerprint density at radius 1 is 1.38 bits per heavy atom. The molecule has 1 N–H and O–H groups in total. The highest BCUT2D eigenvalue weighted by Crippen LogP contribution is 2.16. The second kappa shape index (κ2) is 6.74. The van der Waals surface area contributed by atoms with Crippen LogP contribution < -0.4 is 5.32 Å². The lowest BCUT2D eigenvalue weighted by molar-refractivity contribution is -0.135. The summed E-state index contributed by atoms with van der Waals surface area (Å²) in [4.78, 5) is 26.4. The number of carbonyl (C=O) groups is 2. The molecule has 0 radical (unpaired) electrons. The normalized spacial score (nSPS) is 23.3. The number of hydrogen-bond acceptors (Lipinski definition) is 3. The third-order valence-electron chi connectivity index (χ3n) is 3.77. The fourth-order valence-corrected chi connectivity index (χ4v) is 2.72. The summed E-state index contributed by atoms with van der Waals surface area (Å²) in [6.45, 7) is 7.26. The van der Waals surface area contributed by atoms with Crippen molar-refractivity contribution in [2.75, 3.05) is 6.54 Å². The van der Waals surface area contributed by atoms with Gasteiger partial charge < -0.3 is 10.2 Å². The largest absolute Gasteiger partial charge is 0.344 e. The van der Waals surface area contributed by atoms with E-state index in [0.29, 0.717) is 31.8 Å². The Morgan fingerprint density at radius 3 is 2.76 bits per heavy atom. The Labute approximate surface area is 125 Å². The first-order chi connectivity index (χ1) is 9.97. The Kier molecular flexibility index (Phi) is 4.98. The molecule has 0 saturated carbocycles. The van der Waals surface area contributed by atoms with E-state index in [4.69, 9.17) is 0 Å². The molecule has 0 spiro atoms. The lowest BCUT2D eigenvalue weighted by Gasteiger charge is -2.29. The van der Waals surface area contributed by atoms with Crippen molar-refractivity contribution in [3.8, 4) is 0 Å². The van der Waals surface area contributed by atoms with E-state index in [2.05, 4.69) is 24.3 Å². The molecule has 1 saturated heterocycles. The van der Waals surface area contributed by atoms with Crippen LogP contribution in [-0.4, -0.2) is 45.1 Å². The molecule has 21 heavy (non-hydrogen) atoms. The van der Waals surface area contributed by atoms with Gasteiger partial charge in [0.15, 0.2) is 0 Å². The third kappa shape index (κ3) is 4.06. The maximum atomic E-state index is 12.7. The molecule has 1 fully saturated rings. The average Bonchev–Trinajstić information content (AvgIpc) is 2.87. The molecule has 2 heterocycles. The van der Waals surface area contributed by atoms with E-state index in [1.807, 2.05) is 24.1 Å². The van der Waals surface area contributed by atoms with Crippen molar-refractivity contribution >= 4 is 11.8 Å². The van der Waals surface area contributed by atoms with Gasteiger partial charge in [-0.25, -0.2) is 0 Å². The Morgan fingerprint density at radius 2 is 2.14 bits per heavy atom. The van der Waals surface area contributed by atoms with Crippen molar-refractivity contribution in [2.24, 2.45) is 5.92 Å². The van der Waals surface area contributed by atoms with E-state index in [1.165, 1.54) is 0 Å². The van der Waals surface area contributed by atoms with E-state index in [1.54, 1.807) is 10.9 Å². The molecule has 1 aromatic rings. The molecular weight excluding hydrogens is 268 g/mol. The van der Waals surface area contributed by atoms with Gasteiger partial charge in [-0.2, -0.15) is 5.10 Å². The Balaban J connectivity index is 2.07. The molecule has 6 heteroatoms. The van der Waals surface area contributed by atoms with Gasteiger partial charge in [-0.1, -0.05) is 13.8 Å². The van der Waals surface area contributed by atoms with Gasteiger partial charge in [0.25, 0.3) is 0 Å². The summed E-state index contributed by atoms with van der Waals surface area (Å²) in [5, 5.41) is 7.01. The second-order valence-corrected chi connectivity index (χ2v) is 6.10. The monoisotopic (exact) mass is 292 g/mol. The zero-order valence-corrected chi connectivity index (χ0v) is 13.0. The fraction of sp³-hybridized carbons (Fsp3) is 0.667. The van der Waals surface area contributed by atoms with Crippen LogP contribution in [-0.2, 0) is 16.1 Å². The van der Waals surface area contributed by atoms with Crippen molar-refractivity contribution in [3.63, 3.8) is 0 Å². The second-order valence-electron chi connectivity index (χ2n) is 6.10. The molecule has 1 aliphatic heterocycles. The Hall–Kier alpha value is -1.85. The fourth-order valence-electron chi connectivity index (χ4n) is 2.72. The molecule has 2 rings (SSSR count). The first-order valence-electron chi connectivity index (χ1n) is 7.54. The number of rotatable bonds is 5. The minimum atomic E-state index is -0.403. The summed E-state index contributed by atoms with van der Waals surface area (Å²) in [6, 6.07) is 1.38. The maximum absolute atomic E-state index is 12.7.